The molecule has 0 aromatic carbocycles. The Morgan fingerprint density at radius 2 is 1.87 bits per heavy atom. The molecule has 1 saturated carbocycles. The zero-order valence-corrected chi connectivity index (χ0v) is 13.7. The summed E-state index contributed by atoms with van der Waals surface area (Å²) in [6.45, 7) is 2.14. The van der Waals surface area contributed by atoms with Gasteiger partial charge < -0.3 is 4.90 Å². The molecule has 3 heterocycles. The van der Waals surface area contributed by atoms with Crippen molar-refractivity contribution in [1.29, 1.82) is 5.26 Å². The number of halogens is 1. The first-order valence-corrected chi connectivity index (χ1v) is 8.70. The lowest BCUT2D eigenvalue weighted by molar-refractivity contribution is 0.489. The van der Waals surface area contributed by atoms with Gasteiger partial charge in [0.05, 0.1) is 11.0 Å². The number of hydrogen-bond donors (Lipinski definition) is 0. The summed E-state index contributed by atoms with van der Waals surface area (Å²) in [5.74, 6) is 4.67. The van der Waals surface area contributed by atoms with Crippen LogP contribution in [0.25, 0.3) is 11.0 Å². The fraction of sp³-hybridized carbons (Fsp3) is 0.471. The molecule has 2 aliphatic rings. The van der Waals surface area contributed by atoms with E-state index >= 15 is 0 Å². The number of aromatic nitrogens is 2. The highest BCUT2D eigenvalue weighted by molar-refractivity contribution is 6.70. The van der Waals surface area contributed by atoms with Gasteiger partial charge in [-0.1, -0.05) is 30.9 Å². The first-order chi connectivity index (χ1) is 11.2. The molecule has 6 heteroatoms. The molecule has 23 heavy (non-hydrogen) atoms. The van der Waals surface area contributed by atoms with E-state index in [0.29, 0.717) is 16.8 Å². The molecule has 1 aliphatic heterocycles. The van der Waals surface area contributed by atoms with Gasteiger partial charge >= 0.3 is 0 Å². The Kier molecular flexibility index (Phi) is 3.86. The zero-order chi connectivity index (χ0) is 15.8. The SMILES string of the molecule is N#CB(C1CCC1)C1CCN(c2ccc3nc(Cl)ccc3n2)C1. The van der Waals surface area contributed by atoms with Crippen molar-refractivity contribution in [1.82, 2.24) is 9.97 Å². The second kappa shape index (κ2) is 6.01. The summed E-state index contributed by atoms with van der Waals surface area (Å²) in [7, 11) is 0. The van der Waals surface area contributed by atoms with Crippen LogP contribution in [0.15, 0.2) is 24.3 Å². The predicted octanol–water partition coefficient (Wildman–Crippen LogP) is 3.98. The first-order valence-electron chi connectivity index (χ1n) is 8.32. The lowest BCUT2D eigenvalue weighted by Gasteiger charge is -2.30. The molecule has 1 saturated heterocycles. The fourth-order valence-electron chi connectivity index (χ4n) is 3.83. The van der Waals surface area contributed by atoms with E-state index in [1.165, 1.54) is 19.3 Å². The summed E-state index contributed by atoms with van der Waals surface area (Å²) >= 11 is 5.92. The highest BCUT2D eigenvalue weighted by atomic mass is 35.5. The predicted molar refractivity (Wildman–Crippen MR) is 94.1 cm³/mol. The number of rotatable bonds is 3. The van der Waals surface area contributed by atoms with Gasteiger partial charge in [0.2, 0.25) is 0 Å². The number of nitriles is 1. The van der Waals surface area contributed by atoms with Gasteiger partial charge in [-0.3, -0.25) is 0 Å². The quantitative estimate of drug-likeness (QED) is 0.633. The molecule has 2 aromatic heterocycles. The molecule has 1 unspecified atom stereocenters. The topological polar surface area (TPSA) is 52.8 Å². The third-order valence-corrected chi connectivity index (χ3v) is 5.57. The summed E-state index contributed by atoms with van der Waals surface area (Å²) in [5, 5.41) is 10.0. The number of hydrogen-bond acceptors (Lipinski definition) is 4. The molecule has 0 bridgehead atoms. The van der Waals surface area contributed by atoms with E-state index < -0.39 is 0 Å². The van der Waals surface area contributed by atoms with Crippen molar-refractivity contribution >= 4 is 35.2 Å². The molecule has 0 N–H and O–H groups in total. The maximum Gasteiger partial charge on any atom is 0.275 e. The van der Waals surface area contributed by atoms with E-state index in [1.807, 2.05) is 18.2 Å². The van der Waals surface area contributed by atoms with Crippen LogP contribution in [0.4, 0.5) is 5.82 Å². The van der Waals surface area contributed by atoms with E-state index in [2.05, 4.69) is 15.9 Å². The molecule has 2 aromatic rings. The van der Waals surface area contributed by atoms with Crippen molar-refractivity contribution in [3.63, 3.8) is 0 Å². The minimum Gasteiger partial charge on any atom is -0.357 e. The monoisotopic (exact) mass is 324 g/mol. The number of anilines is 1. The van der Waals surface area contributed by atoms with Crippen LogP contribution < -0.4 is 4.90 Å². The van der Waals surface area contributed by atoms with Crippen molar-refractivity contribution in [2.45, 2.75) is 37.3 Å². The standard InChI is InChI=1S/C17H18BClN4/c19-16-6-4-15-14(21-16)5-7-17(22-15)23-9-8-13(10-23)18(11-20)12-2-1-3-12/h4-7,12-13H,1-3,8-10H2. The summed E-state index contributed by atoms with van der Waals surface area (Å²) in [4.78, 5) is 11.3. The van der Waals surface area contributed by atoms with Crippen molar-refractivity contribution in [3.8, 4) is 5.97 Å². The average molecular weight is 325 g/mol. The first kappa shape index (κ1) is 14.8. The lowest BCUT2D eigenvalue weighted by Crippen LogP contribution is -2.32. The maximum absolute atomic E-state index is 9.54. The van der Waals surface area contributed by atoms with E-state index in [4.69, 9.17) is 16.6 Å². The van der Waals surface area contributed by atoms with Crippen LogP contribution in [0.2, 0.25) is 16.8 Å². The second-order valence-corrected chi connectivity index (χ2v) is 7.07. The fourth-order valence-corrected chi connectivity index (χ4v) is 3.99. The van der Waals surface area contributed by atoms with Crippen LogP contribution >= 0.6 is 11.6 Å². The Bertz CT molecular complexity index is 771. The molecule has 1 aliphatic carbocycles. The van der Waals surface area contributed by atoms with Gasteiger partial charge in [-0.2, -0.15) is 0 Å². The van der Waals surface area contributed by atoms with Gasteiger partial charge in [-0.15, -0.1) is 0 Å². The van der Waals surface area contributed by atoms with Crippen LogP contribution in [0, 0.1) is 11.2 Å². The van der Waals surface area contributed by atoms with E-state index in [0.717, 1.165) is 36.4 Å². The van der Waals surface area contributed by atoms with Gasteiger partial charge in [0.25, 0.3) is 6.71 Å². The van der Waals surface area contributed by atoms with Crippen molar-refractivity contribution in [2.24, 2.45) is 0 Å². The Labute approximate surface area is 141 Å². The summed E-state index contributed by atoms with van der Waals surface area (Å²) < 4.78 is 0. The van der Waals surface area contributed by atoms with Crippen LogP contribution in [-0.4, -0.2) is 29.8 Å². The van der Waals surface area contributed by atoms with Crippen molar-refractivity contribution in [2.75, 3.05) is 18.0 Å². The number of fused-ring (bicyclic) bond motifs is 1. The van der Waals surface area contributed by atoms with E-state index in [9.17, 15) is 5.26 Å². The van der Waals surface area contributed by atoms with Gasteiger partial charge in [0.15, 0.2) is 0 Å². The van der Waals surface area contributed by atoms with Crippen molar-refractivity contribution in [3.05, 3.63) is 29.4 Å². The van der Waals surface area contributed by atoms with Gasteiger partial charge in [0.1, 0.15) is 11.0 Å². The molecule has 0 spiro atoms. The van der Waals surface area contributed by atoms with Crippen molar-refractivity contribution < 1.29 is 0 Å². The Morgan fingerprint density at radius 1 is 1.09 bits per heavy atom. The molecule has 0 amide bonds. The van der Waals surface area contributed by atoms with Crippen LogP contribution in [0.3, 0.4) is 0 Å². The molecule has 1 atom stereocenters. The molecule has 2 fully saturated rings. The Balaban J connectivity index is 1.53. The summed E-state index contributed by atoms with van der Waals surface area (Å²) in [5.41, 5.74) is 1.69. The molecule has 4 nitrogen and oxygen atoms in total. The minimum absolute atomic E-state index is 0.217. The van der Waals surface area contributed by atoms with E-state index in [1.54, 1.807) is 6.07 Å². The molecule has 0 radical (unpaired) electrons. The highest BCUT2D eigenvalue weighted by Gasteiger charge is 2.40. The highest BCUT2D eigenvalue weighted by Crippen LogP contribution is 2.42. The van der Waals surface area contributed by atoms with E-state index in [-0.39, 0.29) is 6.71 Å². The van der Waals surface area contributed by atoms with Gasteiger partial charge in [-0.25, -0.2) is 15.2 Å². The molecule has 116 valence electrons. The van der Waals surface area contributed by atoms with Crippen LogP contribution in [-0.2, 0) is 0 Å². The lowest BCUT2D eigenvalue weighted by atomic mass is 9.31. The molecular weight excluding hydrogens is 306 g/mol. The Hall–Kier alpha value is -1.80. The zero-order valence-electron chi connectivity index (χ0n) is 13.0. The van der Waals surface area contributed by atoms with Gasteiger partial charge in [-0.05, 0) is 42.3 Å². The Morgan fingerprint density at radius 3 is 2.61 bits per heavy atom. The van der Waals surface area contributed by atoms with Crippen LogP contribution in [0.1, 0.15) is 25.7 Å². The van der Waals surface area contributed by atoms with Gasteiger partial charge in [0, 0.05) is 19.1 Å². The number of pyridine rings is 2. The number of nitrogens with zero attached hydrogens (tertiary/aromatic N) is 4. The third kappa shape index (κ3) is 2.77. The normalized spacial score (nSPS) is 21.2. The largest absolute Gasteiger partial charge is 0.357 e. The second-order valence-electron chi connectivity index (χ2n) is 6.68. The smallest absolute Gasteiger partial charge is 0.275 e. The molecular formula is C17H18BClN4. The molecule has 4 rings (SSSR count). The maximum atomic E-state index is 9.54. The minimum atomic E-state index is 0.217. The summed E-state index contributed by atoms with van der Waals surface area (Å²) in [6.07, 6.45) is 4.85. The summed E-state index contributed by atoms with van der Waals surface area (Å²) in [6, 6.07) is 7.67. The average Bonchev–Trinajstić information content (AvgIpc) is 2.99. The van der Waals surface area contributed by atoms with Crippen LogP contribution in [0.5, 0.6) is 0 Å². The third-order valence-electron chi connectivity index (χ3n) is 5.36.